The quantitative estimate of drug-likeness (QED) is 0.702. The van der Waals surface area contributed by atoms with E-state index in [2.05, 4.69) is 34.6 Å². The van der Waals surface area contributed by atoms with Crippen LogP contribution in [0.4, 0.5) is 0 Å². The zero-order valence-electron chi connectivity index (χ0n) is 13.4. The molecule has 1 heterocycles. The summed E-state index contributed by atoms with van der Waals surface area (Å²) in [6.45, 7) is 9.03. The van der Waals surface area contributed by atoms with Gasteiger partial charge in [-0.15, -0.1) is 0 Å². The number of carbonyl (C=O) groups is 1. The Kier molecular flexibility index (Phi) is 7.36. The lowest BCUT2D eigenvalue weighted by Crippen LogP contribution is -2.40. The maximum Gasteiger partial charge on any atom is 0.221 e. The lowest BCUT2D eigenvalue weighted by Gasteiger charge is -2.26. The number of aryl methyl sites for hydroxylation is 1. The molecule has 5 nitrogen and oxygen atoms in total. The monoisotopic (exact) mass is 305 g/mol. The number of benzene rings is 1. The van der Waals surface area contributed by atoms with E-state index in [-0.39, 0.29) is 5.91 Å². The summed E-state index contributed by atoms with van der Waals surface area (Å²) in [6.07, 6.45) is 0.523. The van der Waals surface area contributed by atoms with Gasteiger partial charge in [-0.3, -0.25) is 9.69 Å². The Morgan fingerprint density at radius 3 is 2.86 bits per heavy atom. The molecule has 0 aliphatic carbocycles. The number of nitrogens with zero attached hydrogens (tertiary/aromatic N) is 1. The highest BCUT2D eigenvalue weighted by Gasteiger charge is 2.09. The topological polar surface area (TPSA) is 53.6 Å². The van der Waals surface area contributed by atoms with Gasteiger partial charge in [0.25, 0.3) is 0 Å². The maximum absolute atomic E-state index is 11.8. The van der Waals surface area contributed by atoms with Crippen molar-refractivity contribution in [2.75, 3.05) is 45.9 Å². The smallest absolute Gasteiger partial charge is 0.221 e. The van der Waals surface area contributed by atoms with Gasteiger partial charge in [0.2, 0.25) is 5.91 Å². The van der Waals surface area contributed by atoms with Crippen molar-refractivity contribution in [2.24, 2.45) is 0 Å². The highest BCUT2D eigenvalue weighted by atomic mass is 16.5. The van der Waals surface area contributed by atoms with E-state index in [1.165, 1.54) is 5.56 Å². The Morgan fingerprint density at radius 2 is 2.09 bits per heavy atom. The first-order valence-corrected chi connectivity index (χ1v) is 8.07. The first kappa shape index (κ1) is 16.9. The minimum atomic E-state index is 0.0976. The highest BCUT2D eigenvalue weighted by Crippen LogP contribution is 2.03. The lowest BCUT2D eigenvalue weighted by atomic mass is 10.1. The summed E-state index contributed by atoms with van der Waals surface area (Å²) < 4.78 is 5.31. The van der Waals surface area contributed by atoms with Crippen molar-refractivity contribution in [1.29, 1.82) is 0 Å². The molecule has 2 N–H and O–H groups in total. The summed E-state index contributed by atoms with van der Waals surface area (Å²) >= 11 is 0. The summed E-state index contributed by atoms with van der Waals surface area (Å²) in [5.41, 5.74) is 2.37. The van der Waals surface area contributed by atoms with Gasteiger partial charge in [0.1, 0.15) is 0 Å². The summed E-state index contributed by atoms with van der Waals surface area (Å²) in [5, 5.41) is 6.29. The summed E-state index contributed by atoms with van der Waals surface area (Å²) in [5.74, 6) is 0.0976. The molecule has 0 atom stereocenters. The third kappa shape index (κ3) is 6.56. The van der Waals surface area contributed by atoms with Crippen molar-refractivity contribution >= 4 is 5.91 Å². The number of rotatable bonds is 8. The molecular weight excluding hydrogens is 278 g/mol. The molecule has 2 rings (SSSR count). The van der Waals surface area contributed by atoms with Crippen LogP contribution in [-0.4, -0.2) is 56.7 Å². The molecule has 0 unspecified atom stereocenters. The Labute approximate surface area is 133 Å². The van der Waals surface area contributed by atoms with Crippen LogP contribution in [0.2, 0.25) is 0 Å². The molecule has 0 bridgehead atoms. The van der Waals surface area contributed by atoms with E-state index in [1.807, 2.05) is 12.1 Å². The van der Waals surface area contributed by atoms with Crippen molar-refractivity contribution < 1.29 is 9.53 Å². The fourth-order valence-corrected chi connectivity index (χ4v) is 2.50. The average Bonchev–Trinajstić information content (AvgIpc) is 2.54. The minimum absolute atomic E-state index is 0.0976. The second-order valence-corrected chi connectivity index (χ2v) is 5.72. The van der Waals surface area contributed by atoms with Crippen LogP contribution in [0.25, 0.3) is 0 Å². The van der Waals surface area contributed by atoms with Crippen LogP contribution in [-0.2, 0) is 16.1 Å². The molecule has 1 amide bonds. The fourth-order valence-electron chi connectivity index (χ4n) is 2.50. The average molecular weight is 305 g/mol. The van der Waals surface area contributed by atoms with Gasteiger partial charge in [0.05, 0.1) is 13.2 Å². The summed E-state index contributed by atoms with van der Waals surface area (Å²) in [6, 6.07) is 8.21. The molecule has 1 aromatic rings. The molecule has 122 valence electrons. The zero-order valence-corrected chi connectivity index (χ0v) is 13.4. The Morgan fingerprint density at radius 1 is 1.27 bits per heavy atom. The van der Waals surface area contributed by atoms with E-state index in [9.17, 15) is 4.79 Å². The van der Waals surface area contributed by atoms with Gasteiger partial charge in [-0.1, -0.05) is 29.8 Å². The van der Waals surface area contributed by atoms with Gasteiger partial charge in [0.15, 0.2) is 0 Å². The van der Waals surface area contributed by atoms with Crippen molar-refractivity contribution in [1.82, 2.24) is 15.5 Å². The molecule has 0 aromatic heterocycles. The zero-order chi connectivity index (χ0) is 15.6. The largest absolute Gasteiger partial charge is 0.379 e. The first-order valence-electron chi connectivity index (χ1n) is 8.07. The second kappa shape index (κ2) is 9.56. The normalized spacial score (nSPS) is 15.7. The SMILES string of the molecule is Cc1cccc(CNC(=O)CCNCCN2CCOCC2)c1. The highest BCUT2D eigenvalue weighted by molar-refractivity contribution is 5.76. The van der Waals surface area contributed by atoms with Gasteiger partial charge < -0.3 is 15.4 Å². The molecule has 0 radical (unpaired) electrons. The van der Waals surface area contributed by atoms with Gasteiger partial charge in [0, 0.05) is 45.7 Å². The van der Waals surface area contributed by atoms with Gasteiger partial charge in [-0.2, -0.15) is 0 Å². The number of morpholine rings is 1. The van der Waals surface area contributed by atoms with E-state index in [1.54, 1.807) is 0 Å². The number of amides is 1. The molecule has 1 saturated heterocycles. The summed E-state index contributed by atoms with van der Waals surface area (Å²) in [7, 11) is 0. The molecule has 1 aliphatic rings. The predicted molar refractivity (Wildman–Crippen MR) is 87.8 cm³/mol. The van der Waals surface area contributed by atoms with E-state index in [0.29, 0.717) is 13.0 Å². The molecule has 22 heavy (non-hydrogen) atoms. The Hall–Kier alpha value is -1.43. The number of hydrogen-bond acceptors (Lipinski definition) is 4. The number of nitrogens with one attached hydrogen (secondary N) is 2. The van der Waals surface area contributed by atoms with Gasteiger partial charge in [-0.25, -0.2) is 0 Å². The van der Waals surface area contributed by atoms with Crippen molar-refractivity contribution in [3.05, 3.63) is 35.4 Å². The maximum atomic E-state index is 11.8. The molecule has 1 aromatic carbocycles. The predicted octanol–water partition coefficient (Wildman–Crippen LogP) is 0.923. The molecule has 1 fully saturated rings. The van der Waals surface area contributed by atoms with Gasteiger partial charge >= 0.3 is 0 Å². The van der Waals surface area contributed by atoms with Crippen LogP contribution < -0.4 is 10.6 Å². The Bertz CT molecular complexity index is 459. The minimum Gasteiger partial charge on any atom is -0.379 e. The van der Waals surface area contributed by atoms with E-state index < -0.39 is 0 Å². The standard InChI is InChI=1S/C17H27N3O2/c1-15-3-2-4-16(13-15)14-19-17(21)5-6-18-7-8-20-9-11-22-12-10-20/h2-4,13,18H,5-12,14H2,1H3,(H,19,21). The third-order valence-electron chi connectivity index (χ3n) is 3.81. The molecule has 5 heteroatoms. The van der Waals surface area contributed by atoms with Crippen LogP contribution in [0.5, 0.6) is 0 Å². The van der Waals surface area contributed by atoms with Crippen molar-refractivity contribution in [3.8, 4) is 0 Å². The van der Waals surface area contributed by atoms with Crippen LogP contribution in [0.1, 0.15) is 17.5 Å². The van der Waals surface area contributed by atoms with E-state index in [0.717, 1.165) is 51.5 Å². The van der Waals surface area contributed by atoms with E-state index >= 15 is 0 Å². The molecule has 1 aliphatic heterocycles. The number of carbonyl (C=O) groups excluding carboxylic acids is 1. The molecular formula is C17H27N3O2. The molecule has 0 saturated carbocycles. The van der Waals surface area contributed by atoms with Gasteiger partial charge in [-0.05, 0) is 12.5 Å². The lowest BCUT2D eigenvalue weighted by molar-refractivity contribution is -0.121. The van der Waals surface area contributed by atoms with Crippen LogP contribution in [0.15, 0.2) is 24.3 Å². The molecule has 0 spiro atoms. The van der Waals surface area contributed by atoms with Crippen LogP contribution in [0.3, 0.4) is 0 Å². The van der Waals surface area contributed by atoms with Crippen molar-refractivity contribution in [3.63, 3.8) is 0 Å². The van der Waals surface area contributed by atoms with Crippen LogP contribution in [0, 0.1) is 6.92 Å². The Balaban J connectivity index is 1.50. The van der Waals surface area contributed by atoms with Crippen molar-refractivity contribution in [2.45, 2.75) is 19.9 Å². The van der Waals surface area contributed by atoms with E-state index in [4.69, 9.17) is 4.74 Å². The second-order valence-electron chi connectivity index (χ2n) is 5.72. The fraction of sp³-hybridized carbons (Fsp3) is 0.588. The number of hydrogen-bond donors (Lipinski definition) is 2. The third-order valence-corrected chi connectivity index (χ3v) is 3.81. The summed E-state index contributed by atoms with van der Waals surface area (Å²) in [4.78, 5) is 14.2. The first-order chi connectivity index (χ1) is 10.7. The number of ether oxygens (including phenoxy) is 1. The van der Waals surface area contributed by atoms with Crippen LogP contribution >= 0.6 is 0 Å².